The van der Waals surface area contributed by atoms with Crippen molar-refractivity contribution in [3.63, 3.8) is 0 Å². The number of ether oxygens (including phenoxy) is 2. The molecule has 2 aliphatic heterocycles. The van der Waals surface area contributed by atoms with Gasteiger partial charge in [0.2, 0.25) is 5.89 Å². The van der Waals surface area contributed by atoms with Crippen LogP contribution < -0.4 is 19.1 Å². The highest BCUT2D eigenvalue weighted by Crippen LogP contribution is 2.56. The lowest BCUT2D eigenvalue weighted by Gasteiger charge is -2.41. The Bertz CT molecular complexity index is 1850. The lowest BCUT2D eigenvalue weighted by molar-refractivity contribution is -0.127. The summed E-state index contributed by atoms with van der Waals surface area (Å²) in [6.45, 7) is 1.06. The van der Waals surface area contributed by atoms with Crippen molar-refractivity contribution >= 4 is 33.2 Å². The minimum Gasteiger partial charge on any atom is -0.497 e. The van der Waals surface area contributed by atoms with Crippen molar-refractivity contribution < 1.29 is 27.1 Å². The average molecular weight is 649 g/mol. The zero-order chi connectivity index (χ0) is 31.3. The average Bonchev–Trinajstić information content (AvgIpc) is 3.38. The fraction of sp³-hybridized carbons (Fsp3) is 0.333. The van der Waals surface area contributed by atoms with Crippen LogP contribution in [0.5, 0.6) is 11.5 Å². The Hall–Kier alpha value is -3.90. The normalized spacial score (nSPS) is 21.7. The van der Waals surface area contributed by atoms with E-state index in [1.165, 1.54) is 25.5 Å². The minimum absolute atomic E-state index is 0.0478. The molecule has 1 aliphatic carbocycles. The fourth-order valence-electron chi connectivity index (χ4n) is 6.65. The van der Waals surface area contributed by atoms with E-state index in [1.54, 1.807) is 43.6 Å². The van der Waals surface area contributed by atoms with Gasteiger partial charge in [-0.15, -0.1) is 0 Å². The second-order valence-electron chi connectivity index (χ2n) is 11.5. The van der Waals surface area contributed by atoms with E-state index in [-0.39, 0.29) is 10.6 Å². The van der Waals surface area contributed by atoms with Gasteiger partial charge in [-0.25, -0.2) is 17.7 Å². The van der Waals surface area contributed by atoms with Crippen LogP contribution in [-0.4, -0.2) is 51.0 Å². The Kier molecular flexibility index (Phi) is 7.60. The van der Waals surface area contributed by atoms with Crippen LogP contribution in [0.3, 0.4) is 0 Å². The molecule has 45 heavy (non-hydrogen) atoms. The van der Waals surface area contributed by atoms with Crippen molar-refractivity contribution in [2.45, 2.75) is 54.7 Å². The monoisotopic (exact) mass is 648 g/mol. The van der Waals surface area contributed by atoms with Crippen molar-refractivity contribution in [1.29, 1.82) is 0 Å². The zero-order valence-electron chi connectivity index (χ0n) is 24.9. The molecule has 3 aliphatic rings. The number of oxazole rings is 1. The molecule has 12 heteroatoms. The van der Waals surface area contributed by atoms with Crippen LogP contribution in [0.1, 0.15) is 54.3 Å². The second kappa shape index (κ2) is 11.5. The summed E-state index contributed by atoms with van der Waals surface area (Å²) >= 11 is 6.65. The number of methoxy groups -OCH3 is 2. The number of nitrogens with zero attached hydrogens (tertiary/aromatic N) is 3. The van der Waals surface area contributed by atoms with Crippen molar-refractivity contribution in [1.82, 2.24) is 15.2 Å². The fourth-order valence-corrected chi connectivity index (χ4v) is 8.28. The summed E-state index contributed by atoms with van der Waals surface area (Å²) in [5.41, 5.74) is 0.496. The number of hydrogen-bond donors (Lipinski definition) is 1. The summed E-state index contributed by atoms with van der Waals surface area (Å²) in [7, 11) is -1.34. The number of nitrogens with one attached hydrogen (secondary N) is 1. The summed E-state index contributed by atoms with van der Waals surface area (Å²) in [4.78, 5) is 21.8. The Balaban J connectivity index is 1.49. The lowest BCUT2D eigenvalue weighted by atomic mass is 9.80. The lowest BCUT2D eigenvalue weighted by Crippen LogP contribution is -2.54. The van der Waals surface area contributed by atoms with E-state index in [1.807, 2.05) is 23.1 Å². The van der Waals surface area contributed by atoms with Crippen molar-refractivity contribution in [2.24, 2.45) is 0 Å². The molecule has 1 saturated carbocycles. The first kappa shape index (κ1) is 29.8. The number of rotatable bonds is 10. The number of hydrogen-bond acceptors (Lipinski definition) is 9. The third kappa shape index (κ3) is 4.89. The van der Waals surface area contributed by atoms with Crippen LogP contribution in [0.25, 0.3) is 0 Å². The molecule has 1 saturated heterocycles. The molecular weight excluding hydrogens is 616 g/mol. The Morgan fingerprint density at radius 2 is 1.82 bits per heavy atom. The molecule has 7 rings (SSSR count). The van der Waals surface area contributed by atoms with Gasteiger partial charge < -0.3 is 19.2 Å². The van der Waals surface area contributed by atoms with Crippen molar-refractivity contribution in [3.8, 4) is 11.5 Å². The van der Waals surface area contributed by atoms with E-state index < -0.39 is 27.5 Å². The van der Waals surface area contributed by atoms with Gasteiger partial charge in [0, 0.05) is 35.3 Å². The number of carbonyl (C=O) groups is 1. The first-order valence-electron chi connectivity index (χ1n) is 14.9. The van der Waals surface area contributed by atoms with E-state index in [0.717, 1.165) is 29.1 Å². The van der Waals surface area contributed by atoms with E-state index in [4.69, 9.17) is 25.5 Å². The molecule has 10 nitrogen and oxygen atoms in total. The number of amides is 1. The van der Waals surface area contributed by atoms with Crippen LogP contribution in [0, 0.1) is 0 Å². The number of fused-ring (bicyclic) bond motifs is 1. The highest BCUT2D eigenvalue weighted by molar-refractivity contribution is 7.93. The summed E-state index contributed by atoms with van der Waals surface area (Å²) in [5, 5.41) is 3.91. The van der Waals surface area contributed by atoms with E-state index in [9.17, 15) is 8.42 Å². The van der Waals surface area contributed by atoms with Gasteiger partial charge in [0.15, 0.2) is 5.54 Å². The topological polar surface area (TPSA) is 114 Å². The number of benzene rings is 3. The predicted molar refractivity (Wildman–Crippen MR) is 168 cm³/mol. The van der Waals surface area contributed by atoms with E-state index in [2.05, 4.69) is 10.3 Å². The predicted octanol–water partition coefficient (Wildman–Crippen LogP) is 5.41. The van der Waals surface area contributed by atoms with Crippen LogP contribution in [0.4, 0.5) is 5.69 Å². The molecular formula is C33H33ClN4O6S. The maximum Gasteiger partial charge on any atom is 0.271 e. The largest absolute Gasteiger partial charge is 0.497 e. The Morgan fingerprint density at radius 1 is 1.02 bits per heavy atom. The first-order chi connectivity index (χ1) is 21.8. The third-order valence-electron chi connectivity index (χ3n) is 8.90. The summed E-state index contributed by atoms with van der Waals surface area (Å²) in [5.74, 6) is 0.742. The maximum atomic E-state index is 15.4. The molecule has 4 aromatic rings. The molecule has 1 N–H and O–H groups in total. The van der Waals surface area contributed by atoms with Gasteiger partial charge in [-0.3, -0.25) is 9.69 Å². The number of sulfonamides is 1. The van der Waals surface area contributed by atoms with Crippen LogP contribution in [-0.2, 0) is 26.9 Å². The van der Waals surface area contributed by atoms with Gasteiger partial charge in [0.05, 0.1) is 37.0 Å². The van der Waals surface area contributed by atoms with Crippen molar-refractivity contribution in [3.05, 3.63) is 101 Å². The van der Waals surface area contributed by atoms with Gasteiger partial charge in [-0.1, -0.05) is 17.7 Å². The summed E-state index contributed by atoms with van der Waals surface area (Å²) < 4.78 is 46.9. The Morgan fingerprint density at radius 3 is 2.51 bits per heavy atom. The van der Waals surface area contributed by atoms with Gasteiger partial charge >= 0.3 is 0 Å². The highest BCUT2D eigenvalue weighted by atomic mass is 35.5. The van der Waals surface area contributed by atoms with Gasteiger partial charge in [-0.2, -0.15) is 0 Å². The first-order valence-corrected chi connectivity index (χ1v) is 16.7. The molecule has 3 aromatic carbocycles. The van der Waals surface area contributed by atoms with Gasteiger partial charge in [0.25, 0.3) is 15.9 Å². The summed E-state index contributed by atoms with van der Waals surface area (Å²) in [6.07, 6.45) is 6.72. The van der Waals surface area contributed by atoms with Gasteiger partial charge in [0.1, 0.15) is 17.8 Å². The molecule has 2 fully saturated rings. The van der Waals surface area contributed by atoms with E-state index in [0.29, 0.717) is 59.1 Å². The molecule has 1 aromatic heterocycles. The standard InChI is InChI=1S/C33H33ClN4O6S/c1-42-24-9-11-25(12-10-24)45(40,41)38-28-13-6-22(34)19-26(28)33(32(38)39,37-16-3-4-29(37)31-35-15-17-44-31)27-18-21(5-14-30(27)43-2)20-36-23-7-8-23/h5-6,9-15,17-19,23,29,36H,3-4,7-8,16,20H2,1-2H3. The third-order valence-corrected chi connectivity index (χ3v) is 10.9. The van der Waals surface area contributed by atoms with Crippen LogP contribution in [0.2, 0.25) is 5.02 Å². The Labute approximate surface area is 267 Å². The second-order valence-corrected chi connectivity index (χ2v) is 13.8. The smallest absolute Gasteiger partial charge is 0.271 e. The molecule has 0 spiro atoms. The molecule has 3 heterocycles. The number of halogens is 1. The van der Waals surface area contributed by atoms with Crippen molar-refractivity contribution in [2.75, 3.05) is 25.1 Å². The molecule has 234 valence electrons. The van der Waals surface area contributed by atoms with E-state index >= 15 is 4.79 Å². The maximum absolute atomic E-state index is 15.4. The molecule has 0 radical (unpaired) electrons. The number of aromatic nitrogens is 1. The summed E-state index contributed by atoms with van der Waals surface area (Å²) in [6, 6.07) is 16.7. The van der Waals surface area contributed by atoms with Gasteiger partial charge in [-0.05, 0) is 85.8 Å². The number of likely N-dealkylation sites (tertiary alicyclic amines) is 1. The number of carbonyl (C=O) groups excluding carboxylic acids is 1. The zero-order valence-corrected chi connectivity index (χ0v) is 26.5. The minimum atomic E-state index is -4.40. The molecule has 2 unspecified atom stereocenters. The number of anilines is 1. The SMILES string of the molecule is COc1ccc(S(=O)(=O)N2C(=O)C(c3cc(CNC4CC4)ccc3OC)(N3CCCC3c3ncco3)c3cc(Cl)ccc32)cc1. The quantitative estimate of drug-likeness (QED) is 0.241. The molecule has 0 bridgehead atoms. The van der Waals surface area contributed by atoms with Crippen LogP contribution in [0.15, 0.2) is 82.4 Å². The van der Waals surface area contributed by atoms with Crippen LogP contribution >= 0.6 is 11.6 Å². The molecule has 2 atom stereocenters. The highest BCUT2D eigenvalue weighted by Gasteiger charge is 2.62. The molecule has 1 amide bonds.